The van der Waals surface area contributed by atoms with Crippen LogP contribution in [-0.4, -0.2) is 36.1 Å². The molecule has 0 radical (unpaired) electrons. The van der Waals surface area contributed by atoms with Gasteiger partial charge in [0, 0.05) is 18.6 Å². The number of nitrogens with zero attached hydrogens (tertiary/aromatic N) is 1. The van der Waals surface area contributed by atoms with Crippen molar-refractivity contribution in [3.05, 3.63) is 29.3 Å². The fourth-order valence-electron chi connectivity index (χ4n) is 2.86. The fourth-order valence-corrected chi connectivity index (χ4v) is 3.04. The van der Waals surface area contributed by atoms with Crippen molar-refractivity contribution in [3.8, 4) is 0 Å². The Labute approximate surface area is 131 Å². The van der Waals surface area contributed by atoms with E-state index in [1.54, 1.807) is 12.1 Å². The van der Waals surface area contributed by atoms with Crippen LogP contribution < -0.4 is 10.6 Å². The summed E-state index contributed by atoms with van der Waals surface area (Å²) >= 11 is 6.02. The zero-order valence-corrected chi connectivity index (χ0v) is 13.5. The van der Waals surface area contributed by atoms with Crippen LogP contribution in [0.3, 0.4) is 0 Å². The third kappa shape index (κ3) is 4.61. The molecule has 0 bridgehead atoms. The van der Waals surface area contributed by atoms with Crippen LogP contribution in [0, 0.1) is 0 Å². The maximum absolute atomic E-state index is 11.9. The number of hydrogen-bond acceptors (Lipinski definition) is 2. The smallest absolute Gasteiger partial charge is 0.319 e. The summed E-state index contributed by atoms with van der Waals surface area (Å²) in [6, 6.07) is 7.97. The van der Waals surface area contributed by atoms with Gasteiger partial charge in [-0.25, -0.2) is 4.79 Å². The first-order chi connectivity index (χ1) is 10.1. The summed E-state index contributed by atoms with van der Waals surface area (Å²) in [7, 11) is 0. The largest absolute Gasteiger partial charge is 0.336 e. The lowest BCUT2D eigenvalue weighted by Crippen LogP contribution is -2.49. The minimum absolute atomic E-state index is 0.209. The molecule has 0 spiro atoms. The summed E-state index contributed by atoms with van der Waals surface area (Å²) < 4.78 is 0. The Kier molecular flexibility index (Phi) is 5.88. The highest BCUT2D eigenvalue weighted by atomic mass is 35.5. The van der Waals surface area contributed by atoms with Gasteiger partial charge in [0.05, 0.1) is 10.7 Å². The van der Waals surface area contributed by atoms with Gasteiger partial charge in [-0.15, -0.1) is 0 Å². The number of likely N-dealkylation sites (tertiary alicyclic amines) is 1. The molecule has 1 aliphatic heterocycles. The molecule has 2 atom stereocenters. The summed E-state index contributed by atoms with van der Waals surface area (Å²) in [4.78, 5) is 14.4. The zero-order valence-electron chi connectivity index (χ0n) is 12.7. The van der Waals surface area contributed by atoms with E-state index in [4.69, 9.17) is 11.6 Å². The van der Waals surface area contributed by atoms with Gasteiger partial charge in [0.1, 0.15) is 0 Å². The molecule has 1 heterocycles. The molecule has 1 aromatic rings. The second kappa shape index (κ2) is 7.66. The van der Waals surface area contributed by atoms with Crippen molar-refractivity contribution in [2.24, 2.45) is 0 Å². The Bertz CT molecular complexity index is 480. The average Bonchev–Trinajstić information content (AvgIpc) is 2.48. The minimum Gasteiger partial charge on any atom is -0.336 e. The van der Waals surface area contributed by atoms with Crippen LogP contribution in [0.1, 0.15) is 33.1 Å². The van der Waals surface area contributed by atoms with Gasteiger partial charge in [0.15, 0.2) is 0 Å². The van der Waals surface area contributed by atoms with Crippen molar-refractivity contribution >= 4 is 23.3 Å². The molecule has 4 nitrogen and oxygen atoms in total. The number of urea groups is 1. The van der Waals surface area contributed by atoms with Gasteiger partial charge >= 0.3 is 6.03 Å². The fraction of sp³-hybridized carbons (Fsp3) is 0.562. The molecule has 2 rings (SSSR count). The van der Waals surface area contributed by atoms with Gasteiger partial charge in [0.2, 0.25) is 0 Å². The molecule has 116 valence electrons. The number of benzene rings is 1. The molecule has 1 saturated heterocycles. The Balaban J connectivity index is 1.79. The number of hydrogen-bond donors (Lipinski definition) is 2. The first-order valence-electron chi connectivity index (χ1n) is 7.63. The van der Waals surface area contributed by atoms with E-state index in [1.807, 2.05) is 12.1 Å². The van der Waals surface area contributed by atoms with Crippen LogP contribution in [0.5, 0.6) is 0 Å². The van der Waals surface area contributed by atoms with Crippen molar-refractivity contribution in [2.75, 3.05) is 18.4 Å². The number of carbonyl (C=O) groups is 1. The first-order valence-corrected chi connectivity index (χ1v) is 8.01. The van der Waals surface area contributed by atoms with Crippen LogP contribution in [0.15, 0.2) is 24.3 Å². The lowest BCUT2D eigenvalue weighted by atomic mass is 10.0. The van der Waals surface area contributed by atoms with Gasteiger partial charge < -0.3 is 10.6 Å². The van der Waals surface area contributed by atoms with Gasteiger partial charge in [-0.05, 0) is 45.4 Å². The van der Waals surface area contributed by atoms with Gasteiger partial charge in [-0.2, -0.15) is 0 Å². The molecule has 2 amide bonds. The third-order valence-corrected chi connectivity index (χ3v) is 4.43. The SMILES string of the molecule is C[C@@H]1CCCCN1[C@@H](C)CNC(=O)Nc1ccccc1Cl. The van der Waals surface area contributed by atoms with Gasteiger partial charge in [-0.3, -0.25) is 4.90 Å². The molecule has 1 fully saturated rings. The topological polar surface area (TPSA) is 44.4 Å². The van der Waals surface area contributed by atoms with Crippen LogP contribution >= 0.6 is 11.6 Å². The predicted molar refractivity (Wildman–Crippen MR) is 88.0 cm³/mol. The Morgan fingerprint density at radius 3 is 2.90 bits per heavy atom. The summed E-state index contributed by atoms with van der Waals surface area (Å²) in [5.74, 6) is 0. The Morgan fingerprint density at radius 2 is 2.19 bits per heavy atom. The van der Waals surface area contributed by atoms with Crippen LogP contribution in [0.2, 0.25) is 5.02 Å². The quantitative estimate of drug-likeness (QED) is 0.890. The first kappa shape index (κ1) is 16.1. The highest BCUT2D eigenvalue weighted by Crippen LogP contribution is 2.20. The predicted octanol–water partition coefficient (Wildman–Crippen LogP) is 3.72. The molecular weight excluding hydrogens is 286 g/mol. The molecule has 0 aliphatic carbocycles. The molecule has 2 N–H and O–H groups in total. The summed E-state index contributed by atoms with van der Waals surface area (Å²) in [6.45, 7) is 6.19. The second-order valence-corrected chi connectivity index (χ2v) is 6.15. The molecule has 0 saturated carbocycles. The van der Waals surface area contributed by atoms with Crippen molar-refractivity contribution in [3.63, 3.8) is 0 Å². The summed E-state index contributed by atoms with van der Waals surface area (Å²) in [5, 5.41) is 6.25. The molecule has 1 aliphatic rings. The van der Waals surface area contributed by atoms with E-state index in [1.165, 1.54) is 19.3 Å². The van der Waals surface area contributed by atoms with E-state index in [-0.39, 0.29) is 6.03 Å². The molecule has 0 aromatic heterocycles. The lowest BCUT2D eigenvalue weighted by Gasteiger charge is -2.38. The van der Waals surface area contributed by atoms with Crippen molar-refractivity contribution in [2.45, 2.75) is 45.2 Å². The Hall–Kier alpha value is -1.26. The van der Waals surface area contributed by atoms with Crippen LogP contribution in [0.25, 0.3) is 0 Å². The Morgan fingerprint density at radius 1 is 1.43 bits per heavy atom. The zero-order chi connectivity index (χ0) is 15.2. The molecule has 21 heavy (non-hydrogen) atoms. The summed E-state index contributed by atoms with van der Waals surface area (Å²) in [6.07, 6.45) is 3.81. The van der Waals surface area contributed by atoms with Crippen LogP contribution in [-0.2, 0) is 0 Å². The minimum atomic E-state index is -0.209. The number of halogens is 1. The molecule has 1 aromatic carbocycles. The molecule has 5 heteroatoms. The van der Waals surface area contributed by atoms with E-state index in [9.17, 15) is 4.79 Å². The average molecular weight is 310 g/mol. The van der Waals surface area contributed by atoms with E-state index in [0.717, 1.165) is 6.54 Å². The van der Waals surface area contributed by atoms with Crippen molar-refractivity contribution < 1.29 is 4.79 Å². The van der Waals surface area contributed by atoms with E-state index in [0.29, 0.717) is 29.3 Å². The number of rotatable bonds is 4. The lowest BCUT2D eigenvalue weighted by molar-refractivity contribution is 0.114. The summed E-state index contributed by atoms with van der Waals surface area (Å²) in [5.41, 5.74) is 0.635. The number of para-hydroxylation sites is 1. The standard InChI is InChI=1S/C16H24ClN3O/c1-12-7-5-6-10-20(12)13(2)11-18-16(21)19-15-9-4-3-8-14(15)17/h3-4,8-9,12-13H,5-7,10-11H2,1-2H3,(H2,18,19,21)/t12-,13+/m1/s1. The van der Waals surface area contributed by atoms with Crippen molar-refractivity contribution in [1.82, 2.24) is 10.2 Å². The number of anilines is 1. The number of amides is 2. The van der Waals surface area contributed by atoms with Gasteiger partial charge in [-0.1, -0.05) is 30.2 Å². The number of nitrogens with one attached hydrogen (secondary N) is 2. The monoisotopic (exact) mass is 309 g/mol. The van der Waals surface area contributed by atoms with Crippen LogP contribution in [0.4, 0.5) is 10.5 Å². The normalized spacial score (nSPS) is 20.8. The number of piperidine rings is 1. The maximum atomic E-state index is 11.9. The van der Waals surface area contributed by atoms with E-state index < -0.39 is 0 Å². The van der Waals surface area contributed by atoms with E-state index in [2.05, 4.69) is 29.4 Å². The number of carbonyl (C=O) groups excluding carboxylic acids is 1. The molecule has 0 unspecified atom stereocenters. The molecular formula is C16H24ClN3O. The highest BCUT2D eigenvalue weighted by molar-refractivity contribution is 6.33. The highest BCUT2D eigenvalue weighted by Gasteiger charge is 2.23. The maximum Gasteiger partial charge on any atom is 0.319 e. The third-order valence-electron chi connectivity index (χ3n) is 4.10. The second-order valence-electron chi connectivity index (χ2n) is 5.75. The van der Waals surface area contributed by atoms with Gasteiger partial charge in [0.25, 0.3) is 0 Å². The van der Waals surface area contributed by atoms with Crippen molar-refractivity contribution in [1.29, 1.82) is 0 Å². The van der Waals surface area contributed by atoms with E-state index >= 15 is 0 Å².